The molecule has 0 fully saturated rings. The third kappa shape index (κ3) is 5.24. The lowest BCUT2D eigenvalue weighted by molar-refractivity contribution is -0.139. The van der Waals surface area contributed by atoms with Gasteiger partial charge in [-0.25, -0.2) is 5.43 Å². The molecule has 0 aliphatic carbocycles. The van der Waals surface area contributed by atoms with Gasteiger partial charge in [0, 0.05) is 18.9 Å². The molecule has 1 heterocycles. The minimum absolute atomic E-state index is 0.247. The average Bonchev–Trinajstić information content (AvgIpc) is 2.61. The molecule has 0 bridgehead atoms. The van der Waals surface area contributed by atoms with Gasteiger partial charge in [0.2, 0.25) is 0 Å². The highest BCUT2D eigenvalue weighted by Crippen LogP contribution is 2.09. The monoisotopic (exact) mass is 312 g/mol. The zero-order valence-corrected chi connectivity index (χ0v) is 12.5. The molecule has 2 N–H and O–H groups in total. The van der Waals surface area contributed by atoms with Crippen LogP contribution in [0.2, 0.25) is 0 Å². The summed E-state index contributed by atoms with van der Waals surface area (Å²) < 4.78 is 5.04. The van der Waals surface area contributed by atoms with Crippen molar-refractivity contribution < 1.29 is 14.3 Å². The topological polar surface area (TPSA) is 92.7 Å². The number of aromatic nitrogens is 1. The maximum Gasteiger partial charge on any atom is 0.329 e. The summed E-state index contributed by atoms with van der Waals surface area (Å²) in [5, 5.41) is 6.23. The normalized spacial score (nSPS) is 10.3. The third-order valence-corrected chi connectivity index (χ3v) is 2.90. The van der Waals surface area contributed by atoms with Gasteiger partial charge in [-0.05, 0) is 47.5 Å². The highest BCUT2D eigenvalue weighted by Gasteiger charge is 2.11. The molecule has 1 aromatic heterocycles. The highest BCUT2D eigenvalue weighted by molar-refractivity contribution is 6.35. The molecule has 2 rings (SSSR count). The Labute approximate surface area is 133 Å². The molecule has 0 aliphatic rings. The van der Waals surface area contributed by atoms with Gasteiger partial charge in [-0.15, -0.1) is 0 Å². The van der Waals surface area contributed by atoms with Crippen molar-refractivity contribution in [3.63, 3.8) is 0 Å². The zero-order valence-electron chi connectivity index (χ0n) is 12.5. The number of ether oxygens (including phenoxy) is 1. The molecule has 2 amide bonds. The second kappa shape index (κ2) is 8.28. The fourth-order valence-corrected chi connectivity index (χ4v) is 1.67. The van der Waals surface area contributed by atoms with Crippen molar-refractivity contribution in [1.82, 2.24) is 15.7 Å². The van der Waals surface area contributed by atoms with Crippen LogP contribution in [0.5, 0.6) is 5.75 Å². The van der Waals surface area contributed by atoms with Gasteiger partial charge in [0.05, 0.1) is 13.3 Å². The number of amides is 2. The van der Waals surface area contributed by atoms with Crippen LogP contribution < -0.4 is 15.5 Å². The number of nitrogens with one attached hydrogen (secondary N) is 2. The molecule has 0 saturated carbocycles. The summed E-state index contributed by atoms with van der Waals surface area (Å²) in [7, 11) is 1.58. The van der Waals surface area contributed by atoms with Crippen molar-refractivity contribution in [2.75, 3.05) is 7.11 Å². The number of benzene rings is 1. The van der Waals surface area contributed by atoms with Gasteiger partial charge in [0.15, 0.2) is 0 Å². The van der Waals surface area contributed by atoms with E-state index in [9.17, 15) is 9.59 Å². The van der Waals surface area contributed by atoms with Crippen LogP contribution in [0.4, 0.5) is 0 Å². The van der Waals surface area contributed by atoms with E-state index in [1.807, 2.05) is 0 Å². The van der Waals surface area contributed by atoms with Crippen molar-refractivity contribution in [3.8, 4) is 5.75 Å². The van der Waals surface area contributed by atoms with E-state index >= 15 is 0 Å². The zero-order chi connectivity index (χ0) is 16.5. The van der Waals surface area contributed by atoms with E-state index in [-0.39, 0.29) is 6.54 Å². The summed E-state index contributed by atoms with van der Waals surface area (Å²) in [4.78, 5) is 27.1. The number of carbonyl (C=O) groups is 2. The van der Waals surface area contributed by atoms with Crippen LogP contribution in [0.1, 0.15) is 11.1 Å². The van der Waals surface area contributed by atoms with Gasteiger partial charge >= 0.3 is 11.8 Å². The van der Waals surface area contributed by atoms with Crippen molar-refractivity contribution >= 4 is 18.0 Å². The van der Waals surface area contributed by atoms with Crippen LogP contribution in [-0.4, -0.2) is 30.1 Å². The van der Waals surface area contributed by atoms with Crippen LogP contribution in [-0.2, 0) is 16.1 Å². The Kier molecular flexibility index (Phi) is 5.81. The van der Waals surface area contributed by atoms with Gasteiger partial charge in [-0.3, -0.25) is 14.6 Å². The second-order valence-electron chi connectivity index (χ2n) is 4.51. The first-order valence-corrected chi connectivity index (χ1v) is 6.83. The Hall–Kier alpha value is -3.22. The van der Waals surface area contributed by atoms with Crippen molar-refractivity contribution in [2.45, 2.75) is 6.54 Å². The summed E-state index contributed by atoms with van der Waals surface area (Å²) in [6.07, 6.45) is 4.66. The largest absolute Gasteiger partial charge is 0.497 e. The molecule has 7 heteroatoms. The molecule has 118 valence electrons. The predicted octanol–water partition coefficient (Wildman–Crippen LogP) is 0.857. The van der Waals surface area contributed by atoms with Gasteiger partial charge in [0.1, 0.15) is 5.75 Å². The van der Waals surface area contributed by atoms with Gasteiger partial charge in [0.25, 0.3) is 0 Å². The maximum atomic E-state index is 11.6. The van der Waals surface area contributed by atoms with Crippen LogP contribution in [0, 0.1) is 0 Å². The van der Waals surface area contributed by atoms with Gasteiger partial charge < -0.3 is 10.1 Å². The lowest BCUT2D eigenvalue weighted by Crippen LogP contribution is -2.37. The Morgan fingerprint density at radius 3 is 2.48 bits per heavy atom. The lowest BCUT2D eigenvalue weighted by atomic mass is 10.2. The molecule has 0 radical (unpaired) electrons. The predicted molar refractivity (Wildman–Crippen MR) is 84.8 cm³/mol. The molecule has 0 spiro atoms. The first kappa shape index (κ1) is 16.2. The number of nitrogens with zero attached hydrogens (tertiary/aromatic N) is 2. The van der Waals surface area contributed by atoms with Crippen molar-refractivity contribution in [3.05, 3.63) is 59.9 Å². The molecule has 23 heavy (non-hydrogen) atoms. The van der Waals surface area contributed by atoms with E-state index in [2.05, 4.69) is 20.8 Å². The number of methoxy groups -OCH3 is 1. The summed E-state index contributed by atoms with van der Waals surface area (Å²) in [6.45, 7) is 0.247. The Morgan fingerprint density at radius 2 is 1.83 bits per heavy atom. The van der Waals surface area contributed by atoms with Crippen molar-refractivity contribution in [1.29, 1.82) is 0 Å². The van der Waals surface area contributed by atoms with E-state index in [4.69, 9.17) is 4.74 Å². The van der Waals surface area contributed by atoms with Crippen LogP contribution in [0.3, 0.4) is 0 Å². The molecule has 0 atom stereocenters. The molecular formula is C16H16N4O3. The SMILES string of the molecule is COc1ccc(/C=N\NC(=O)C(=O)NCc2ccncc2)cc1. The van der Waals surface area contributed by atoms with Crippen LogP contribution in [0.25, 0.3) is 0 Å². The third-order valence-electron chi connectivity index (χ3n) is 2.90. The molecule has 0 unspecified atom stereocenters. The Morgan fingerprint density at radius 1 is 1.13 bits per heavy atom. The minimum atomic E-state index is -0.830. The van der Waals surface area contributed by atoms with E-state index in [1.165, 1.54) is 6.21 Å². The first-order chi connectivity index (χ1) is 11.2. The maximum absolute atomic E-state index is 11.6. The molecule has 7 nitrogen and oxygen atoms in total. The van der Waals surface area contributed by atoms with Gasteiger partial charge in [-0.2, -0.15) is 5.10 Å². The number of carbonyl (C=O) groups excluding carboxylic acids is 2. The van der Waals surface area contributed by atoms with E-state index in [0.717, 1.165) is 16.9 Å². The standard InChI is InChI=1S/C16H16N4O3/c1-23-14-4-2-12(3-5-14)11-19-20-16(22)15(21)18-10-13-6-8-17-9-7-13/h2-9,11H,10H2,1H3,(H,18,21)(H,20,22)/b19-11-. The highest BCUT2D eigenvalue weighted by atomic mass is 16.5. The molecule has 0 saturated heterocycles. The second-order valence-corrected chi connectivity index (χ2v) is 4.51. The van der Waals surface area contributed by atoms with E-state index in [0.29, 0.717) is 0 Å². The van der Waals surface area contributed by atoms with E-state index in [1.54, 1.807) is 55.9 Å². The summed E-state index contributed by atoms with van der Waals surface area (Å²) >= 11 is 0. The molecule has 2 aromatic rings. The smallest absolute Gasteiger partial charge is 0.329 e. The number of hydrogen-bond acceptors (Lipinski definition) is 5. The Balaban J connectivity index is 1.79. The van der Waals surface area contributed by atoms with Crippen molar-refractivity contribution in [2.24, 2.45) is 5.10 Å². The Bertz CT molecular complexity index is 684. The number of rotatable bonds is 5. The molecule has 1 aromatic carbocycles. The van der Waals surface area contributed by atoms with Crippen LogP contribution in [0.15, 0.2) is 53.9 Å². The summed E-state index contributed by atoms with van der Waals surface area (Å²) in [5.74, 6) is -0.862. The quantitative estimate of drug-likeness (QED) is 0.486. The lowest BCUT2D eigenvalue weighted by Gasteiger charge is -2.03. The number of hydrogen-bond donors (Lipinski definition) is 2. The van der Waals surface area contributed by atoms with Crippen LogP contribution >= 0.6 is 0 Å². The number of hydrazone groups is 1. The molecular weight excluding hydrogens is 296 g/mol. The fraction of sp³-hybridized carbons (Fsp3) is 0.125. The summed E-state index contributed by atoms with van der Waals surface area (Å²) in [6, 6.07) is 10.6. The minimum Gasteiger partial charge on any atom is -0.497 e. The molecule has 0 aliphatic heterocycles. The van der Waals surface area contributed by atoms with E-state index < -0.39 is 11.8 Å². The first-order valence-electron chi connectivity index (χ1n) is 6.83. The fourth-order valence-electron chi connectivity index (χ4n) is 1.67. The summed E-state index contributed by atoms with van der Waals surface area (Å²) in [5.41, 5.74) is 3.79. The number of pyridine rings is 1. The average molecular weight is 312 g/mol. The van der Waals surface area contributed by atoms with Gasteiger partial charge in [-0.1, -0.05) is 0 Å².